The predicted octanol–water partition coefficient (Wildman–Crippen LogP) is 3.10. The molecule has 2 heterocycles. The van der Waals surface area contributed by atoms with Crippen molar-refractivity contribution in [2.75, 3.05) is 12.0 Å². The third-order valence-electron chi connectivity index (χ3n) is 2.15. The third kappa shape index (κ3) is 2.28. The van der Waals surface area contributed by atoms with Crippen molar-refractivity contribution in [2.45, 2.75) is 5.03 Å². The highest BCUT2D eigenvalue weighted by Crippen LogP contribution is 2.25. The number of hydrogen-bond donors (Lipinski definition) is 1. The van der Waals surface area contributed by atoms with Crippen molar-refractivity contribution in [3.8, 4) is 11.1 Å². The fourth-order valence-electron chi connectivity index (χ4n) is 1.28. The predicted molar refractivity (Wildman–Crippen MR) is 68.7 cm³/mol. The van der Waals surface area contributed by atoms with Crippen molar-refractivity contribution in [3.63, 3.8) is 0 Å². The van der Waals surface area contributed by atoms with Crippen LogP contribution in [0.5, 0.6) is 0 Å². The summed E-state index contributed by atoms with van der Waals surface area (Å²) in [6, 6.07) is 5.74. The second-order valence-electron chi connectivity index (χ2n) is 3.18. The number of nitrogen functional groups attached to an aromatic ring is 1. The molecule has 0 bridgehead atoms. The van der Waals surface area contributed by atoms with Crippen LogP contribution in [-0.4, -0.2) is 16.2 Å². The molecule has 0 amide bonds. The molecule has 0 unspecified atom stereocenters. The molecule has 0 spiro atoms. The summed E-state index contributed by atoms with van der Waals surface area (Å²) in [4.78, 5) is 8.30. The van der Waals surface area contributed by atoms with Gasteiger partial charge >= 0.3 is 0 Å². The summed E-state index contributed by atoms with van der Waals surface area (Å²) in [5.74, 6) is 0.346. The normalized spacial score (nSPS) is 10.4. The standard InChI is InChI=1S/C11H10ClN3S/c1-16-10-3-2-7(5-14-10)8-4-9(12)11(13)15-6-8/h2-6H,1H3,(H2,13,15). The Morgan fingerprint density at radius 3 is 2.50 bits per heavy atom. The first-order valence-electron chi connectivity index (χ1n) is 4.62. The van der Waals surface area contributed by atoms with E-state index < -0.39 is 0 Å². The van der Waals surface area contributed by atoms with Gasteiger partial charge in [0, 0.05) is 23.5 Å². The van der Waals surface area contributed by atoms with Gasteiger partial charge in [-0.1, -0.05) is 17.7 Å². The lowest BCUT2D eigenvalue weighted by molar-refractivity contribution is 1.14. The van der Waals surface area contributed by atoms with Crippen LogP contribution in [0.4, 0.5) is 5.82 Å². The Labute approximate surface area is 103 Å². The average Bonchev–Trinajstić information content (AvgIpc) is 2.33. The zero-order chi connectivity index (χ0) is 11.5. The molecule has 82 valence electrons. The van der Waals surface area contributed by atoms with E-state index in [1.165, 1.54) is 0 Å². The first-order chi connectivity index (χ1) is 7.70. The fraction of sp³-hybridized carbons (Fsp3) is 0.0909. The van der Waals surface area contributed by atoms with Crippen molar-refractivity contribution in [3.05, 3.63) is 35.6 Å². The number of pyridine rings is 2. The van der Waals surface area contributed by atoms with Gasteiger partial charge in [0.25, 0.3) is 0 Å². The molecule has 0 aliphatic heterocycles. The minimum atomic E-state index is 0.346. The molecule has 2 aromatic heterocycles. The molecule has 0 saturated carbocycles. The Morgan fingerprint density at radius 2 is 1.94 bits per heavy atom. The highest BCUT2D eigenvalue weighted by molar-refractivity contribution is 7.98. The van der Waals surface area contributed by atoms with E-state index >= 15 is 0 Å². The molecule has 5 heteroatoms. The van der Waals surface area contributed by atoms with Gasteiger partial charge in [0.2, 0.25) is 0 Å². The third-order valence-corrected chi connectivity index (χ3v) is 3.11. The van der Waals surface area contributed by atoms with Crippen LogP contribution in [0.3, 0.4) is 0 Å². The van der Waals surface area contributed by atoms with E-state index in [9.17, 15) is 0 Å². The lowest BCUT2D eigenvalue weighted by Crippen LogP contribution is -1.91. The van der Waals surface area contributed by atoms with E-state index in [-0.39, 0.29) is 0 Å². The van der Waals surface area contributed by atoms with Crippen molar-refractivity contribution in [2.24, 2.45) is 0 Å². The van der Waals surface area contributed by atoms with Crippen molar-refractivity contribution in [1.29, 1.82) is 0 Å². The van der Waals surface area contributed by atoms with Gasteiger partial charge in [-0.3, -0.25) is 0 Å². The van der Waals surface area contributed by atoms with Crippen LogP contribution in [0, 0.1) is 0 Å². The molecule has 0 aliphatic rings. The average molecular weight is 252 g/mol. The molecular formula is C11H10ClN3S. The maximum atomic E-state index is 5.91. The second kappa shape index (κ2) is 4.72. The number of thioether (sulfide) groups is 1. The number of rotatable bonds is 2. The zero-order valence-corrected chi connectivity index (χ0v) is 10.2. The Kier molecular flexibility index (Phi) is 3.31. The molecule has 0 aromatic carbocycles. The van der Waals surface area contributed by atoms with E-state index in [4.69, 9.17) is 17.3 Å². The van der Waals surface area contributed by atoms with Crippen molar-refractivity contribution < 1.29 is 0 Å². The SMILES string of the molecule is CSc1ccc(-c2cnc(N)c(Cl)c2)cn1. The molecule has 2 aromatic rings. The molecule has 2 rings (SSSR count). The summed E-state index contributed by atoms with van der Waals surface area (Å²) in [7, 11) is 0. The Balaban J connectivity index is 2.38. The summed E-state index contributed by atoms with van der Waals surface area (Å²) in [5.41, 5.74) is 7.45. The van der Waals surface area contributed by atoms with Crippen LogP contribution < -0.4 is 5.73 Å². The minimum absolute atomic E-state index is 0.346. The summed E-state index contributed by atoms with van der Waals surface area (Å²) in [6.07, 6.45) is 5.48. The van der Waals surface area contributed by atoms with Crippen molar-refractivity contribution in [1.82, 2.24) is 9.97 Å². The Hall–Kier alpha value is -1.26. The molecule has 0 atom stereocenters. The quantitative estimate of drug-likeness (QED) is 0.834. The first-order valence-corrected chi connectivity index (χ1v) is 6.22. The number of halogens is 1. The molecule has 2 N–H and O–H groups in total. The van der Waals surface area contributed by atoms with Gasteiger partial charge in [0.15, 0.2) is 0 Å². The first kappa shape index (κ1) is 11.2. The molecule has 3 nitrogen and oxygen atoms in total. The van der Waals surface area contributed by atoms with E-state index in [2.05, 4.69) is 9.97 Å². The van der Waals surface area contributed by atoms with Crippen LogP contribution >= 0.6 is 23.4 Å². The maximum Gasteiger partial charge on any atom is 0.142 e. The lowest BCUT2D eigenvalue weighted by atomic mass is 10.1. The smallest absolute Gasteiger partial charge is 0.142 e. The summed E-state index contributed by atoms with van der Waals surface area (Å²) in [6.45, 7) is 0. The lowest BCUT2D eigenvalue weighted by Gasteiger charge is -2.03. The molecule has 0 fully saturated rings. The van der Waals surface area contributed by atoms with E-state index in [1.54, 1.807) is 30.2 Å². The maximum absolute atomic E-state index is 5.91. The van der Waals surface area contributed by atoms with Gasteiger partial charge in [-0.05, 0) is 18.4 Å². The largest absolute Gasteiger partial charge is 0.382 e. The molecule has 0 radical (unpaired) electrons. The highest BCUT2D eigenvalue weighted by atomic mass is 35.5. The monoisotopic (exact) mass is 251 g/mol. The zero-order valence-electron chi connectivity index (χ0n) is 8.64. The number of aromatic nitrogens is 2. The molecule has 16 heavy (non-hydrogen) atoms. The second-order valence-corrected chi connectivity index (χ2v) is 4.41. The summed E-state index contributed by atoms with van der Waals surface area (Å²) in [5, 5.41) is 1.45. The highest BCUT2D eigenvalue weighted by Gasteiger charge is 2.03. The molecule has 0 aliphatic carbocycles. The van der Waals surface area contributed by atoms with Gasteiger partial charge in [-0.2, -0.15) is 0 Å². The van der Waals surface area contributed by atoms with E-state index in [1.807, 2.05) is 18.4 Å². The fourth-order valence-corrected chi connectivity index (χ4v) is 1.81. The summed E-state index contributed by atoms with van der Waals surface area (Å²) >= 11 is 7.52. The van der Waals surface area contributed by atoms with Crippen LogP contribution in [0.2, 0.25) is 5.02 Å². The van der Waals surface area contributed by atoms with Crippen LogP contribution in [-0.2, 0) is 0 Å². The number of nitrogens with zero attached hydrogens (tertiary/aromatic N) is 2. The number of nitrogens with two attached hydrogens (primary N) is 1. The topological polar surface area (TPSA) is 51.8 Å². The van der Waals surface area contributed by atoms with Crippen LogP contribution in [0.25, 0.3) is 11.1 Å². The van der Waals surface area contributed by atoms with Crippen molar-refractivity contribution >= 4 is 29.2 Å². The van der Waals surface area contributed by atoms with Crippen LogP contribution in [0.1, 0.15) is 0 Å². The molecule has 0 saturated heterocycles. The van der Waals surface area contributed by atoms with Gasteiger partial charge in [-0.15, -0.1) is 11.8 Å². The number of anilines is 1. The van der Waals surface area contributed by atoms with E-state index in [0.717, 1.165) is 16.2 Å². The van der Waals surface area contributed by atoms with Crippen LogP contribution in [0.15, 0.2) is 35.6 Å². The van der Waals surface area contributed by atoms with Gasteiger partial charge in [-0.25, -0.2) is 9.97 Å². The van der Waals surface area contributed by atoms with Gasteiger partial charge in [0.1, 0.15) is 5.82 Å². The molecular weight excluding hydrogens is 242 g/mol. The van der Waals surface area contributed by atoms with Gasteiger partial charge < -0.3 is 5.73 Å². The van der Waals surface area contributed by atoms with Gasteiger partial charge in [0.05, 0.1) is 10.0 Å². The van der Waals surface area contributed by atoms with E-state index in [0.29, 0.717) is 10.8 Å². The number of hydrogen-bond acceptors (Lipinski definition) is 4. The summed E-state index contributed by atoms with van der Waals surface area (Å²) < 4.78 is 0. The Bertz CT molecular complexity index is 499. The Morgan fingerprint density at radius 1 is 1.19 bits per heavy atom. The minimum Gasteiger partial charge on any atom is -0.382 e.